The average molecular weight is 319 g/mol. The van der Waals surface area contributed by atoms with E-state index in [0.717, 1.165) is 36.1 Å². The number of fused-ring (bicyclic) bond motifs is 1. The van der Waals surface area contributed by atoms with E-state index in [-0.39, 0.29) is 0 Å². The highest BCUT2D eigenvalue weighted by molar-refractivity contribution is 6.38. The standard InChI is InChI=1S/C17H16Cl2N2/c18-13-11-16(19)15-7-10-21(17(15)12-13)9-4-8-20-14-5-2-1-3-6-14/h1-3,5-7,10-12,20H,4,8-9H2. The summed E-state index contributed by atoms with van der Waals surface area (Å²) in [5, 5.41) is 5.85. The van der Waals surface area contributed by atoms with Crippen LogP contribution in [0.4, 0.5) is 5.69 Å². The second-order valence-corrected chi connectivity index (χ2v) is 5.82. The van der Waals surface area contributed by atoms with Gasteiger partial charge in [0.2, 0.25) is 0 Å². The summed E-state index contributed by atoms with van der Waals surface area (Å²) in [7, 11) is 0. The van der Waals surface area contributed by atoms with Crippen molar-refractivity contribution in [3.63, 3.8) is 0 Å². The van der Waals surface area contributed by atoms with Crippen LogP contribution in [0.25, 0.3) is 10.9 Å². The quantitative estimate of drug-likeness (QED) is 0.619. The van der Waals surface area contributed by atoms with Crippen LogP contribution in [0.5, 0.6) is 0 Å². The van der Waals surface area contributed by atoms with Crippen LogP contribution in [-0.2, 0) is 6.54 Å². The van der Waals surface area contributed by atoms with E-state index >= 15 is 0 Å². The Labute approximate surface area is 134 Å². The first-order valence-corrected chi connectivity index (χ1v) is 7.72. The maximum atomic E-state index is 6.21. The molecule has 0 bridgehead atoms. The second-order valence-electron chi connectivity index (χ2n) is 4.98. The zero-order valence-electron chi connectivity index (χ0n) is 11.5. The SMILES string of the molecule is Clc1cc(Cl)c2ccn(CCCNc3ccccc3)c2c1. The maximum absolute atomic E-state index is 6.21. The van der Waals surface area contributed by atoms with Crippen molar-refractivity contribution in [2.24, 2.45) is 0 Å². The molecule has 4 heteroatoms. The lowest BCUT2D eigenvalue weighted by Crippen LogP contribution is -2.05. The fourth-order valence-corrected chi connectivity index (χ4v) is 3.00. The van der Waals surface area contributed by atoms with E-state index in [1.54, 1.807) is 6.07 Å². The normalized spacial score (nSPS) is 11.0. The topological polar surface area (TPSA) is 17.0 Å². The Morgan fingerprint density at radius 3 is 2.62 bits per heavy atom. The molecule has 0 fully saturated rings. The smallest absolute Gasteiger partial charge is 0.0514 e. The summed E-state index contributed by atoms with van der Waals surface area (Å²) >= 11 is 12.3. The number of halogens is 2. The number of para-hydroxylation sites is 1. The molecule has 0 aliphatic rings. The summed E-state index contributed by atoms with van der Waals surface area (Å²) in [5.41, 5.74) is 2.24. The van der Waals surface area contributed by atoms with Crippen LogP contribution in [-0.4, -0.2) is 11.1 Å². The van der Waals surface area contributed by atoms with Gasteiger partial charge in [0.15, 0.2) is 0 Å². The summed E-state index contributed by atoms with van der Waals surface area (Å²) in [6.07, 6.45) is 3.10. The summed E-state index contributed by atoms with van der Waals surface area (Å²) < 4.78 is 2.19. The minimum atomic E-state index is 0.676. The van der Waals surface area contributed by atoms with Gasteiger partial charge in [0.05, 0.1) is 10.5 Å². The lowest BCUT2D eigenvalue weighted by Gasteiger charge is -2.08. The average Bonchev–Trinajstić information content (AvgIpc) is 2.88. The lowest BCUT2D eigenvalue weighted by molar-refractivity contribution is 0.683. The van der Waals surface area contributed by atoms with Crippen molar-refractivity contribution in [1.82, 2.24) is 4.57 Å². The van der Waals surface area contributed by atoms with Gasteiger partial charge >= 0.3 is 0 Å². The predicted molar refractivity (Wildman–Crippen MR) is 91.5 cm³/mol. The van der Waals surface area contributed by atoms with E-state index in [2.05, 4.69) is 28.2 Å². The molecule has 1 heterocycles. The highest BCUT2D eigenvalue weighted by atomic mass is 35.5. The first-order valence-electron chi connectivity index (χ1n) is 6.97. The second kappa shape index (κ2) is 6.42. The van der Waals surface area contributed by atoms with E-state index in [1.807, 2.05) is 30.3 Å². The number of rotatable bonds is 5. The van der Waals surface area contributed by atoms with Crippen LogP contribution in [0.1, 0.15) is 6.42 Å². The third-order valence-corrected chi connectivity index (χ3v) is 4.01. The molecule has 21 heavy (non-hydrogen) atoms. The van der Waals surface area contributed by atoms with Crippen LogP contribution >= 0.6 is 23.2 Å². The van der Waals surface area contributed by atoms with Crippen LogP contribution < -0.4 is 5.32 Å². The lowest BCUT2D eigenvalue weighted by atomic mass is 10.2. The zero-order valence-corrected chi connectivity index (χ0v) is 13.0. The van der Waals surface area contributed by atoms with Gasteiger partial charge in [-0.1, -0.05) is 41.4 Å². The molecule has 1 aromatic heterocycles. The fraction of sp³-hybridized carbons (Fsp3) is 0.176. The van der Waals surface area contributed by atoms with E-state index in [4.69, 9.17) is 23.2 Å². The molecule has 0 saturated heterocycles. The third-order valence-electron chi connectivity index (χ3n) is 3.48. The molecule has 108 valence electrons. The van der Waals surface area contributed by atoms with Gasteiger partial charge < -0.3 is 9.88 Å². The van der Waals surface area contributed by atoms with Gasteiger partial charge in [-0.25, -0.2) is 0 Å². The van der Waals surface area contributed by atoms with Gasteiger partial charge in [-0.3, -0.25) is 0 Å². The molecule has 2 aromatic carbocycles. The molecule has 0 atom stereocenters. The number of nitrogens with zero attached hydrogens (tertiary/aromatic N) is 1. The maximum Gasteiger partial charge on any atom is 0.0514 e. The Kier molecular flexibility index (Phi) is 4.37. The summed E-state index contributed by atoms with van der Waals surface area (Å²) in [4.78, 5) is 0. The van der Waals surface area contributed by atoms with E-state index in [0.29, 0.717) is 10.0 Å². The Bertz CT molecular complexity index is 735. The molecule has 2 nitrogen and oxygen atoms in total. The molecule has 1 N–H and O–H groups in total. The molecule has 3 aromatic rings. The molecule has 0 saturated carbocycles. The highest BCUT2D eigenvalue weighted by Gasteiger charge is 2.06. The van der Waals surface area contributed by atoms with Gasteiger partial charge in [0.1, 0.15) is 0 Å². The predicted octanol–water partition coefficient (Wildman–Crippen LogP) is 5.45. The van der Waals surface area contributed by atoms with Gasteiger partial charge in [-0.15, -0.1) is 0 Å². The van der Waals surface area contributed by atoms with Crippen molar-refractivity contribution in [2.45, 2.75) is 13.0 Å². The van der Waals surface area contributed by atoms with Crippen molar-refractivity contribution < 1.29 is 0 Å². The van der Waals surface area contributed by atoms with Gasteiger partial charge in [0.25, 0.3) is 0 Å². The van der Waals surface area contributed by atoms with Crippen molar-refractivity contribution in [1.29, 1.82) is 0 Å². The Morgan fingerprint density at radius 1 is 1.00 bits per heavy atom. The van der Waals surface area contributed by atoms with Gasteiger partial charge in [-0.05, 0) is 36.8 Å². The Balaban J connectivity index is 1.63. The van der Waals surface area contributed by atoms with Gasteiger partial charge in [0, 0.05) is 35.4 Å². The van der Waals surface area contributed by atoms with E-state index in [9.17, 15) is 0 Å². The molecule has 3 rings (SSSR count). The number of aryl methyl sites for hydroxylation is 1. The largest absolute Gasteiger partial charge is 0.385 e. The number of hydrogen-bond acceptors (Lipinski definition) is 1. The Hall–Kier alpha value is -1.64. The van der Waals surface area contributed by atoms with Crippen molar-refractivity contribution in [3.05, 3.63) is 64.8 Å². The molecule has 0 amide bonds. The zero-order chi connectivity index (χ0) is 14.7. The molecule has 0 aliphatic carbocycles. The Morgan fingerprint density at radius 2 is 1.81 bits per heavy atom. The molecular weight excluding hydrogens is 303 g/mol. The number of hydrogen-bond donors (Lipinski definition) is 1. The number of aromatic nitrogens is 1. The van der Waals surface area contributed by atoms with Crippen molar-refractivity contribution in [3.8, 4) is 0 Å². The van der Waals surface area contributed by atoms with Crippen LogP contribution in [0.2, 0.25) is 10.0 Å². The van der Waals surface area contributed by atoms with E-state index < -0.39 is 0 Å². The first-order chi connectivity index (χ1) is 10.2. The van der Waals surface area contributed by atoms with Crippen molar-refractivity contribution in [2.75, 3.05) is 11.9 Å². The molecule has 0 aliphatic heterocycles. The van der Waals surface area contributed by atoms with Crippen molar-refractivity contribution >= 4 is 39.8 Å². The first kappa shape index (κ1) is 14.3. The number of benzene rings is 2. The molecule has 0 spiro atoms. The van der Waals surface area contributed by atoms with E-state index in [1.165, 1.54) is 0 Å². The summed E-state index contributed by atoms with van der Waals surface area (Å²) in [6.45, 7) is 1.86. The molecular formula is C17H16Cl2N2. The third kappa shape index (κ3) is 3.34. The number of nitrogens with one attached hydrogen (secondary N) is 1. The molecule has 0 radical (unpaired) electrons. The molecule has 0 unspecified atom stereocenters. The minimum Gasteiger partial charge on any atom is -0.385 e. The summed E-state index contributed by atoms with van der Waals surface area (Å²) in [5.74, 6) is 0. The van der Waals surface area contributed by atoms with Crippen LogP contribution in [0.15, 0.2) is 54.7 Å². The van der Waals surface area contributed by atoms with Gasteiger partial charge in [-0.2, -0.15) is 0 Å². The fourth-order valence-electron chi connectivity index (χ4n) is 2.45. The monoisotopic (exact) mass is 318 g/mol. The van der Waals surface area contributed by atoms with Crippen LogP contribution in [0.3, 0.4) is 0 Å². The number of anilines is 1. The highest BCUT2D eigenvalue weighted by Crippen LogP contribution is 2.28. The van der Waals surface area contributed by atoms with Crippen LogP contribution in [0, 0.1) is 0 Å². The minimum absolute atomic E-state index is 0.676. The summed E-state index contributed by atoms with van der Waals surface area (Å²) in [6, 6.07) is 16.0.